The summed E-state index contributed by atoms with van der Waals surface area (Å²) in [4.78, 5) is 22.0. The van der Waals surface area contributed by atoms with E-state index in [0.717, 1.165) is 12.1 Å². The number of nitro groups is 1. The van der Waals surface area contributed by atoms with Crippen LogP contribution < -0.4 is 10.2 Å². The van der Waals surface area contributed by atoms with E-state index < -0.39 is 29.2 Å². The quantitative estimate of drug-likeness (QED) is 0.267. The monoisotopic (exact) mass is 511 g/mol. The molecular formula is C20H13BrF3N3O5. The third kappa shape index (κ3) is 5.94. The van der Waals surface area contributed by atoms with E-state index in [0.29, 0.717) is 4.47 Å². The molecule has 1 aromatic heterocycles. The number of hydrogen-bond acceptors (Lipinski definition) is 6. The van der Waals surface area contributed by atoms with E-state index >= 15 is 0 Å². The number of ether oxygens (including phenoxy) is 1. The van der Waals surface area contributed by atoms with Crippen LogP contribution in [0.1, 0.15) is 11.3 Å². The first-order valence-electron chi connectivity index (χ1n) is 8.79. The molecule has 1 N–H and O–H groups in total. The Kier molecular flexibility index (Phi) is 6.93. The summed E-state index contributed by atoms with van der Waals surface area (Å²) < 4.78 is 49.5. The topological polar surface area (TPSA) is 107 Å². The smallest absolute Gasteiger partial charge is 0.416 e. The number of amides is 1. The summed E-state index contributed by atoms with van der Waals surface area (Å²) in [5, 5.41) is 14.4. The van der Waals surface area contributed by atoms with Crippen molar-refractivity contribution in [1.82, 2.24) is 5.43 Å². The summed E-state index contributed by atoms with van der Waals surface area (Å²) in [6.07, 6.45) is -3.29. The molecule has 3 rings (SSSR count). The highest BCUT2D eigenvalue weighted by Gasteiger charge is 2.30. The Morgan fingerprint density at radius 3 is 2.69 bits per heavy atom. The fourth-order valence-corrected chi connectivity index (χ4v) is 2.97. The van der Waals surface area contributed by atoms with Gasteiger partial charge in [0.2, 0.25) is 0 Å². The number of hydrazone groups is 1. The van der Waals surface area contributed by atoms with Crippen molar-refractivity contribution in [2.75, 3.05) is 6.61 Å². The number of carbonyl (C=O) groups is 1. The minimum Gasteiger partial charge on any atom is -0.483 e. The fourth-order valence-electron chi connectivity index (χ4n) is 2.49. The van der Waals surface area contributed by atoms with Crippen molar-refractivity contribution >= 4 is 33.7 Å². The van der Waals surface area contributed by atoms with Gasteiger partial charge in [0.25, 0.3) is 11.6 Å². The fraction of sp³-hybridized carbons (Fsp3) is 0.100. The highest BCUT2D eigenvalue weighted by Crippen LogP contribution is 2.32. The lowest BCUT2D eigenvalue weighted by Crippen LogP contribution is -2.24. The Balaban J connectivity index is 1.55. The van der Waals surface area contributed by atoms with E-state index in [1.165, 1.54) is 48.7 Å². The maximum atomic E-state index is 12.8. The summed E-state index contributed by atoms with van der Waals surface area (Å²) in [6.45, 7) is -0.415. The third-order valence-electron chi connectivity index (χ3n) is 3.97. The van der Waals surface area contributed by atoms with Crippen LogP contribution in [0.15, 0.2) is 68.6 Å². The predicted octanol–water partition coefficient (Wildman–Crippen LogP) is 5.17. The second-order valence-electron chi connectivity index (χ2n) is 6.23. The number of nitro benzene ring substituents is 1. The molecule has 0 radical (unpaired) electrons. The van der Waals surface area contributed by atoms with Gasteiger partial charge >= 0.3 is 6.18 Å². The predicted molar refractivity (Wildman–Crippen MR) is 111 cm³/mol. The van der Waals surface area contributed by atoms with Crippen LogP contribution in [-0.4, -0.2) is 23.7 Å². The van der Waals surface area contributed by atoms with Crippen LogP contribution >= 0.6 is 15.9 Å². The number of nitrogens with zero attached hydrogens (tertiary/aromatic N) is 2. The van der Waals surface area contributed by atoms with Crippen molar-refractivity contribution in [3.63, 3.8) is 0 Å². The van der Waals surface area contributed by atoms with Crippen molar-refractivity contribution < 1.29 is 32.0 Å². The van der Waals surface area contributed by atoms with Crippen molar-refractivity contribution in [2.45, 2.75) is 6.18 Å². The molecule has 0 saturated carbocycles. The van der Waals surface area contributed by atoms with Gasteiger partial charge in [-0.05, 0) is 46.3 Å². The zero-order valence-electron chi connectivity index (χ0n) is 15.9. The summed E-state index contributed by atoms with van der Waals surface area (Å²) in [6, 6.07) is 11.5. The van der Waals surface area contributed by atoms with Gasteiger partial charge in [0.05, 0.1) is 21.2 Å². The largest absolute Gasteiger partial charge is 0.483 e. The van der Waals surface area contributed by atoms with Crippen LogP contribution in [-0.2, 0) is 11.0 Å². The Morgan fingerprint density at radius 1 is 1.22 bits per heavy atom. The van der Waals surface area contributed by atoms with Crippen molar-refractivity contribution in [3.05, 3.63) is 80.5 Å². The number of benzene rings is 2. The third-order valence-corrected chi connectivity index (χ3v) is 4.59. The number of rotatable bonds is 7. The highest BCUT2D eigenvalue weighted by molar-refractivity contribution is 9.10. The molecule has 2 aromatic carbocycles. The van der Waals surface area contributed by atoms with Gasteiger partial charge in [0.15, 0.2) is 6.61 Å². The zero-order chi connectivity index (χ0) is 23.3. The molecule has 0 bridgehead atoms. The molecule has 8 nitrogen and oxygen atoms in total. The van der Waals surface area contributed by atoms with Gasteiger partial charge in [-0.3, -0.25) is 14.9 Å². The first-order valence-corrected chi connectivity index (χ1v) is 9.59. The first-order chi connectivity index (χ1) is 15.1. The summed E-state index contributed by atoms with van der Waals surface area (Å²) in [7, 11) is 0. The molecule has 32 heavy (non-hydrogen) atoms. The normalized spacial score (nSPS) is 11.5. The van der Waals surface area contributed by atoms with Crippen molar-refractivity contribution in [3.8, 4) is 17.1 Å². The Bertz CT molecular complexity index is 1180. The highest BCUT2D eigenvalue weighted by atomic mass is 79.9. The van der Waals surface area contributed by atoms with Crippen molar-refractivity contribution in [2.24, 2.45) is 5.10 Å². The van der Waals surface area contributed by atoms with E-state index in [1.54, 1.807) is 0 Å². The van der Waals surface area contributed by atoms with Gasteiger partial charge in [-0.2, -0.15) is 18.3 Å². The summed E-state index contributed by atoms with van der Waals surface area (Å²) in [5.41, 5.74) is 1.51. The molecular weight excluding hydrogens is 499 g/mol. The lowest BCUT2D eigenvalue weighted by atomic mass is 10.1. The maximum absolute atomic E-state index is 12.8. The standard InChI is InChI=1S/C20H13BrF3N3O5/c21-16-9-14(27(29)30)4-6-18(16)31-11-19(28)26-25-10-15-5-7-17(32-15)12-2-1-3-13(8-12)20(22,23)24/h1-10H,11H2,(H,26,28)/b25-10+. The number of nitrogens with one attached hydrogen (secondary N) is 1. The van der Waals surface area contributed by atoms with E-state index in [4.69, 9.17) is 9.15 Å². The first kappa shape index (κ1) is 23.0. The average molecular weight is 512 g/mol. The molecule has 0 aliphatic heterocycles. The number of carbonyl (C=O) groups excluding carboxylic acids is 1. The molecule has 0 saturated heterocycles. The number of non-ortho nitro benzene ring substituents is 1. The van der Waals surface area contributed by atoms with Gasteiger partial charge in [0, 0.05) is 17.7 Å². The lowest BCUT2D eigenvalue weighted by molar-refractivity contribution is -0.385. The number of alkyl halides is 3. The van der Waals surface area contributed by atoms with E-state index in [1.807, 2.05) is 0 Å². The number of hydrogen-bond donors (Lipinski definition) is 1. The molecule has 0 aliphatic carbocycles. The van der Waals surface area contributed by atoms with Crippen LogP contribution in [0.3, 0.4) is 0 Å². The second-order valence-corrected chi connectivity index (χ2v) is 7.09. The molecule has 0 unspecified atom stereocenters. The lowest BCUT2D eigenvalue weighted by Gasteiger charge is -2.07. The molecule has 166 valence electrons. The van der Waals surface area contributed by atoms with Crippen molar-refractivity contribution in [1.29, 1.82) is 0 Å². The molecule has 12 heteroatoms. The molecule has 1 amide bonds. The zero-order valence-corrected chi connectivity index (χ0v) is 17.5. The minimum atomic E-state index is -4.47. The van der Waals surface area contributed by atoms with Crippen LogP contribution in [0.5, 0.6) is 5.75 Å². The van der Waals surface area contributed by atoms with Gasteiger partial charge in [-0.15, -0.1) is 0 Å². The Morgan fingerprint density at radius 2 is 2.00 bits per heavy atom. The summed E-state index contributed by atoms with van der Waals surface area (Å²) >= 11 is 3.12. The SMILES string of the molecule is O=C(COc1ccc([N+](=O)[O-])cc1Br)N/N=C/c1ccc(-c2cccc(C(F)(F)F)c2)o1. The number of furan rings is 1. The van der Waals surface area contributed by atoms with Gasteiger partial charge < -0.3 is 9.15 Å². The van der Waals surface area contributed by atoms with E-state index in [-0.39, 0.29) is 28.5 Å². The van der Waals surface area contributed by atoms with E-state index in [9.17, 15) is 28.1 Å². The minimum absolute atomic E-state index is 0.138. The Hall–Kier alpha value is -3.67. The van der Waals surface area contributed by atoms with Crippen LogP contribution in [0.4, 0.5) is 18.9 Å². The van der Waals surface area contributed by atoms with Gasteiger partial charge in [-0.1, -0.05) is 12.1 Å². The van der Waals surface area contributed by atoms with E-state index in [2.05, 4.69) is 26.5 Å². The second kappa shape index (κ2) is 9.64. The summed E-state index contributed by atoms with van der Waals surface area (Å²) in [5.74, 6) is 0.0228. The van der Waals surface area contributed by atoms with Gasteiger partial charge in [0.1, 0.15) is 17.3 Å². The van der Waals surface area contributed by atoms with Gasteiger partial charge in [-0.25, -0.2) is 5.43 Å². The maximum Gasteiger partial charge on any atom is 0.416 e. The van der Waals surface area contributed by atoms with Crippen LogP contribution in [0.25, 0.3) is 11.3 Å². The number of halogens is 4. The Labute approximate surface area is 187 Å². The average Bonchev–Trinajstić information content (AvgIpc) is 3.21. The molecule has 0 fully saturated rings. The molecule has 0 aliphatic rings. The molecule has 1 heterocycles. The van der Waals surface area contributed by atoms with Crippen LogP contribution in [0.2, 0.25) is 0 Å². The molecule has 0 spiro atoms. The van der Waals surface area contributed by atoms with Crippen LogP contribution in [0, 0.1) is 10.1 Å². The molecule has 3 aromatic rings. The molecule has 0 atom stereocenters.